The number of alkyl halides is 3. The predicted octanol–water partition coefficient (Wildman–Crippen LogP) is 4.81. The molecule has 0 unspecified atom stereocenters. The molecule has 0 aliphatic rings. The van der Waals surface area contributed by atoms with E-state index < -0.39 is 34.3 Å². The Morgan fingerprint density at radius 3 is 2.23 bits per heavy atom. The van der Waals surface area contributed by atoms with Crippen molar-refractivity contribution in [3.05, 3.63) is 98.2 Å². The minimum atomic E-state index is -4.87. The van der Waals surface area contributed by atoms with E-state index in [0.717, 1.165) is 12.1 Å². The molecule has 0 N–H and O–H groups in total. The van der Waals surface area contributed by atoms with E-state index in [0.29, 0.717) is 11.5 Å². The van der Waals surface area contributed by atoms with Gasteiger partial charge in [-0.3, -0.25) is 4.79 Å². The lowest BCUT2D eigenvalue weighted by Crippen LogP contribution is -2.17. The number of halogens is 3. The summed E-state index contributed by atoms with van der Waals surface area (Å²) in [5.41, 5.74) is -4.58. The molecule has 0 fully saturated rings. The maximum atomic E-state index is 13.7. The SMILES string of the molecule is O=C(/C=C/c1c(C(F)(F)F)c2ccccc2oc1=O)c1cc2ccccc2oc1=O. The van der Waals surface area contributed by atoms with Gasteiger partial charge in [-0.2, -0.15) is 13.2 Å². The molecule has 0 spiro atoms. The van der Waals surface area contributed by atoms with Crippen LogP contribution in [-0.2, 0) is 6.18 Å². The summed E-state index contributed by atoms with van der Waals surface area (Å²) in [6.07, 6.45) is -3.45. The molecule has 0 aliphatic heterocycles. The molecule has 0 bridgehead atoms. The Hall–Kier alpha value is -3.94. The summed E-state index contributed by atoms with van der Waals surface area (Å²) >= 11 is 0. The summed E-state index contributed by atoms with van der Waals surface area (Å²) < 4.78 is 51.0. The molecule has 0 saturated carbocycles. The minimum absolute atomic E-state index is 0.228. The number of hydrogen-bond donors (Lipinski definition) is 0. The molecule has 5 nitrogen and oxygen atoms in total. The Kier molecular flexibility index (Phi) is 4.62. The molecule has 0 atom stereocenters. The summed E-state index contributed by atoms with van der Waals surface area (Å²) in [6.45, 7) is 0. The zero-order chi connectivity index (χ0) is 21.5. The molecular formula is C22H11F3O5. The molecule has 150 valence electrons. The fraction of sp³-hybridized carbons (Fsp3) is 0.0455. The molecule has 30 heavy (non-hydrogen) atoms. The van der Waals surface area contributed by atoms with Crippen LogP contribution in [-0.4, -0.2) is 5.78 Å². The Labute approximate surface area is 165 Å². The topological polar surface area (TPSA) is 77.5 Å². The first kappa shape index (κ1) is 19.4. The zero-order valence-corrected chi connectivity index (χ0v) is 15.0. The van der Waals surface area contributed by atoms with Gasteiger partial charge in [-0.25, -0.2) is 9.59 Å². The van der Waals surface area contributed by atoms with Crippen molar-refractivity contribution in [2.45, 2.75) is 6.18 Å². The van der Waals surface area contributed by atoms with E-state index in [1.165, 1.54) is 30.3 Å². The van der Waals surface area contributed by atoms with E-state index in [-0.39, 0.29) is 22.1 Å². The van der Waals surface area contributed by atoms with Crippen LogP contribution in [0.25, 0.3) is 28.0 Å². The Balaban J connectivity index is 1.84. The van der Waals surface area contributed by atoms with Crippen LogP contribution in [0.15, 0.2) is 79.1 Å². The fourth-order valence-electron chi connectivity index (χ4n) is 3.10. The van der Waals surface area contributed by atoms with Gasteiger partial charge < -0.3 is 8.83 Å². The second kappa shape index (κ2) is 7.14. The highest BCUT2D eigenvalue weighted by Gasteiger charge is 2.37. The average Bonchev–Trinajstić information content (AvgIpc) is 2.70. The second-order valence-corrected chi connectivity index (χ2v) is 6.36. The van der Waals surface area contributed by atoms with Crippen LogP contribution >= 0.6 is 0 Å². The summed E-state index contributed by atoms with van der Waals surface area (Å²) in [4.78, 5) is 36.7. The van der Waals surface area contributed by atoms with Crippen LogP contribution in [0.4, 0.5) is 13.2 Å². The molecule has 0 radical (unpaired) electrons. The van der Waals surface area contributed by atoms with Crippen molar-refractivity contribution in [1.29, 1.82) is 0 Å². The van der Waals surface area contributed by atoms with E-state index in [1.54, 1.807) is 18.2 Å². The third-order valence-corrected chi connectivity index (χ3v) is 4.44. The first-order valence-electron chi connectivity index (χ1n) is 8.64. The number of hydrogen-bond acceptors (Lipinski definition) is 5. The molecule has 0 amide bonds. The zero-order valence-electron chi connectivity index (χ0n) is 15.0. The Bertz CT molecular complexity index is 1440. The van der Waals surface area contributed by atoms with Gasteiger partial charge in [-0.15, -0.1) is 0 Å². The van der Waals surface area contributed by atoms with Crippen molar-refractivity contribution >= 4 is 33.8 Å². The van der Waals surface area contributed by atoms with Gasteiger partial charge in [0.15, 0.2) is 5.78 Å². The van der Waals surface area contributed by atoms with Crippen LogP contribution in [0.3, 0.4) is 0 Å². The third-order valence-electron chi connectivity index (χ3n) is 4.44. The number of ketones is 1. The Morgan fingerprint density at radius 2 is 1.50 bits per heavy atom. The van der Waals surface area contributed by atoms with Crippen molar-refractivity contribution in [3.63, 3.8) is 0 Å². The maximum absolute atomic E-state index is 13.7. The molecule has 4 aromatic rings. The number of carbonyl (C=O) groups excluding carboxylic acids is 1. The monoisotopic (exact) mass is 412 g/mol. The lowest BCUT2D eigenvalue weighted by Gasteiger charge is -2.12. The highest BCUT2D eigenvalue weighted by molar-refractivity contribution is 6.08. The Morgan fingerprint density at radius 1 is 0.867 bits per heavy atom. The normalized spacial score (nSPS) is 12.1. The molecule has 2 aromatic carbocycles. The standard InChI is InChI=1S/C22H11F3O5/c23-22(24,25)19-13-6-2-4-8-18(13)30-20(27)14(19)9-10-16(26)15-11-12-5-1-3-7-17(12)29-21(15)28/h1-11H/b10-9+. The van der Waals surface area contributed by atoms with Crippen LogP contribution in [0, 0.1) is 0 Å². The number of allylic oxidation sites excluding steroid dienone is 1. The fourth-order valence-corrected chi connectivity index (χ4v) is 3.10. The molecular weight excluding hydrogens is 401 g/mol. The van der Waals surface area contributed by atoms with Crippen molar-refractivity contribution in [2.24, 2.45) is 0 Å². The number of rotatable bonds is 3. The van der Waals surface area contributed by atoms with Crippen LogP contribution in [0.1, 0.15) is 21.5 Å². The number of para-hydroxylation sites is 2. The quantitative estimate of drug-likeness (QED) is 0.274. The van der Waals surface area contributed by atoms with Gasteiger partial charge in [0.1, 0.15) is 16.7 Å². The van der Waals surface area contributed by atoms with Crippen LogP contribution in [0.5, 0.6) is 0 Å². The van der Waals surface area contributed by atoms with E-state index in [1.807, 2.05) is 0 Å². The summed E-state index contributed by atoms with van der Waals surface area (Å²) in [5.74, 6) is -0.907. The predicted molar refractivity (Wildman–Crippen MR) is 103 cm³/mol. The van der Waals surface area contributed by atoms with Gasteiger partial charge in [0.25, 0.3) is 0 Å². The molecule has 2 heterocycles. The van der Waals surface area contributed by atoms with Gasteiger partial charge in [0.2, 0.25) is 0 Å². The van der Waals surface area contributed by atoms with E-state index in [4.69, 9.17) is 8.83 Å². The van der Waals surface area contributed by atoms with Crippen molar-refractivity contribution < 1.29 is 26.8 Å². The molecule has 0 aliphatic carbocycles. The van der Waals surface area contributed by atoms with Gasteiger partial charge >= 0.3 is 17.4 Å². The van der Waals surface area contributed by atoms with Gasteiger partial charge in [-0.05, 0) is 30.4 Å². The average molecular weight is 412 g/mol. The van der Waals surface area contributed by atoms with E-state index >= 15 is 0 Å². The summed E-state index contributed by atoms with van der Waals surface area (Å²) in [5, 5.41) is 0.150. The highest BCUT2D eigenvalue weighted by Crippen LogP contribution is 2.36. The van der Waals surface area contributed by atoms with Crippen molar-refractivity contribution in [1.82, 2.24) is 0 Å². The van der Waals surface area contributed by atoms with Gasteiger partial charge in [0.05, 0.1) is 11.1 Å². The van der Waals surface area contributed by atoms with Crippen molar-refractivity contribution in [2.75, 3.05) is 0 Å². The number of fused-ring (bicyclic) bond motifs is 2. The summed E-state index contributed by atoms with van der Waals surface area (Å²) in [7, 11) is 0. The molecule has 8 heteroatoms. The first-order chi connectivity index (χ1) is 14.3. The van der Waals surface area contributed by atoms with Gasteiger partial charge in [-0.1, -0.05) is 36.4 Å². The lowest BCUT2D eigenvalue weighted by molar-refractivity contribution is -0.136. The third kappa shape index (κ3) is 3.43. The van der Waals surface area contributed by atoms with Crippen LogP contribution in [0.2, 0.25) is 0 Å². The lowest BCUT2D eigenvalue weighted by atomic mass is 10.0. The molecule has 0 saturated heterocycles. The maximum Gasteiger partial charge on any atom is 0.417 e. The number of benzene rings is 2. The van der Waals surface area contributed by atoms with Crippen LogP contribution < -0.4 is 11.3 Å². The van der Waals surface area contributed by atoms with Crippen molar-refractivity contribution in [3.8, 4) is 0 Å². The van der Waals surface area contributed by atoms with E-state index in [9.17, 15) is 27.6 Å². The first-order valence-corrected chi connectivity index (χ1v) is 8.64. The number of carbonyl (C=O) groups is 1. The highest BCUT2D eigenvalue weighted by atomic mass is 19.4. The smallest absolute Gasteiger partial charge is 0.417 e. The molecule has 4 rings (SSSR count). The largest absolute Gasteiger partial charge is 0.422 e. The van der Waals surface area contributed by atoms with E-state index in [2.05, 4.69) is 0 Å². The minimum Gasteiger partial charge on any atom is -0.422 e. The summed E-state index contributed by atoms with van der Waals surface area (Å²) in [6, 6.07) is 13.0. The second-order valence-electron chi connectivity index (χ2n) is 6.36. The molecule has 2 aromatic heterocycles. The van der Waals surface area contributed by atoms with Gasteiger partial charge in [0, 0.05) is 10.8 Å².